The Kier molecular flexibility index (Phi) is 4.35. The topological polar surface area (TPSA) is 54.2 Å². The molecule has 1 fully saturated rings. The van der Waals surface area contributed by atoms with Gasteiger partial charge in [-0.3, -0.25) is 4.90 Å². The fraction of sp³-hybridized carbons (Fsp3) is 0.846. The number of piperidine rings is 1. The van der Waals surface area contributed by atoms with Gasteiger partial charge in [-0.1, -0.05) is 5.16 Å². The fourth-order valence-corrected chi connectivity index (χ4v) is 2.26. The molecule has 0 saturated carbocycles. The van der Waals surface area contributed by atoms with Crippen molar-refractivity contribution in [2.24, 2.45) is 5.92 Å². The van der Waals surface area contributed by atoms with Gasteiger partial charge in [0.1, 0.15) is 0 Å². The zero-order valence-corrected chi connectivity index (χ0v) is 11.6. The largest absolute Gasteiger partial charge is 0.343 e. The number of aromatic nitrogens is 2. The van der Waals surface area contributed by atoms with Crippen molar-refractivity contribution in [1.29, 1.82) is 0 Å². The number of hydrogen-bond donors (Lipinski definition) is 1. The third-order valence-electron chi connectivity index (χ3n) is 3.40. The molecule has 2 heterocycles. The molecule has 18 heavy (non-hydrogen) atoms. The SMILES string of the molecule is CC(C)(C)NCC1CCN(Cc2ncon2)CC1. The Bertz CT molecular complexity index is 336. The van der Waals surface area contributed by atoms with E-state index in [1.807, 2.05) is 0 Å². The lowest BCUT2D eigenvalue weighted by Gasteiger charge is -2.33. The highest BCUT2D eigenvalue weighted by Gasteiger charge is 2.21. The lowest BCUT2D eigenvalue weighted by molar-refractivity contribution is 0.165. The highest BCUT2D eigenvalue weighted by atomic mass is 16.5. The Morgan fingerprint density at radius 2 is 2.11 bits per heavy atom. The van der Waals surface area contributed by atoms with Crippen LogP contribution in [0, 0.1) is 5.92 Å². The van der Waals surface area contributed by atoms with Crippen LogP contribution >= 0.6 is 0 Å². The summed E-state index contributed by atoms with van der Waals surface area (Å²) in [6, 6.07) is 0. The van der Waals surface area contributed by atoms with Crippen LogP contribution in [0.5, 0.6) is 0 Å². The second-order valence-electron chi connectivity index (χ2n) is 6.20. The van der Waals surface area contributed by atoms with Gasteiger partial charge in [0.25, 0.3) is 0 Å². The smallest absolute Gasteiger partial charge is 0.213 e. The molecule has 1 aromatic rings. The van der Waals surface area contributed by atoms with Gasteiger partial charge >= 0.3 is 0 Å². The van der Waals surface area contributed by atoms with E-state index in [2.05, 4.69) is 41.1 Å². The van der Waals surface area contributed by atoms with Gasteiger partial charge in [0, 0.05) is 5.54 Å². The second kappa shape index (κ2) is 5.80. The average molecular weight is 252 g/mol. The van der Waals surface area contributed by atoms with Crippen molar-refractivity contribution in [2.45, 2.75) is 45.7 Å². The van der Waals surface area contributed by atoms with E-state index in [1.54, 1.807) is 0 Å². The van der Waals surface area contributed by atoms with Gasteiger partial charge < -0.3 is 9.84 Å². The molecule has 5 heteroatoms. The number of likely N-dealkylation sites (tertiary alicyclic amines) is 1. The van der Waals surface area contributed by atoms with Crippen LogP contribution in [0.25, 0.3) is 0 Å². The summed E-state index contributed by atoms with van der Waals surface area (Å²) < 4.78 is 4.76. The van der Waals surface area contributed by atoms with Crippen molar-refractivity contribution in [2.75, 3.05) is 19.6 Å². The molecule has 102 valence electrons. The molecule has 0 bridgehead atoms. The highest BCUT2D eigenvalue weighted by Crippen LogP contribution is 2.18. The molecule has 0 atom stereocenters. The van der Waals surface area contributed by atoms with E-state index < -0.39 is 0 Å². The van der Waals surface area contributed by atoms with Gasteiger partial charge in [-0.05, 0) is 59.2 Å². The summed E-state index contributed by atoms with van der Waals surface area (Å²) in [6.07, 6.45) is 3.90. The Morgan fingerprint density at radius 1 is 1.39 bits per heavy atom. The molecule has 0 amide bonds. The predicted molar refractivity (Wildman–Crippen MR) is 70.1 cm³/mol. The first-order valence-corrected chi connectivity index (χ1v) is 6.75. The van der Waals surface area contributed by atoms with E-state index in [9.17, 15) is 0 Å². The van der Waals surface area contributed by atoms with E-state index >= 15 is 0 Å². The van der Waals surface area contributed by atoms with Crippen LogP contribution in [0.15, 0.2) is 10.9 Å². The van der Waals surface area contributed by atoms with E-state index in [0.29, 0.717) is 0 Å². The van der Waals surface area contributed by atoms with Crippen LogP contribution in [0.1, 0.15) is 39.4 Å². The van der Waals surface area contributed by atoms with Gasteiger partial charge in [-0.15, -0.1) is 0 Å². The minimum atomic E-state index is 0.224. The Morgan fingerprint density at radius 3 is 2.67 bits per heavy atom. The van der Waals surface area contributed by atoms with E-state index in [4.69, 9.17) is 4.52 Å². The maximum atomic E-state index is 4.76. The van der Waals surface area contributed by atoms with E-state index in [1.165, 1.54) is 19.2 Å². The maximum Gasteiger partial charge on any atom is 0.213 e. The van der Waals surface area contributed by atoms with Crippen LogP contribution in [-0.2, 0) is 6.54 Å². The molecule has 0 radical (unpaired) electrons. The molecular formula is C13H24N4O. The summed E-state index contributed by atoms with van der Waals surface area (Å²) >= 11 is 0. The van der Waals surface area contributed by atoms with Crippen molar-refractivity contribution in [3.8, 4) is 0 Å². The van der Waals surface area contributed by atoms with Gasteiger partial charge in [-0.2, -0.15) is 4.98 Å². The lowest BCUT2D eigenvalue weighted by atomic mass is 9.95. The van der Waals surface area contributed by atoms with Gasteiger partial charge in [-0.25, -0.2) is 0 Å². The molecule has 0 aliphatic carbocycles. The van der Waals surface area contributed by atoms with E-state index in [0.717, 1.165) is 37.9 Å². The number of hydrogen-bond acceptors (Lipinski definition) is 5. The first-order valence-electron chi connectivity index (χ1n) is 6.75. The quantitative estimate of drug-likeness (QED) is 0.883. The van der Waals surface area contributed by atoms with Crippen LogP contribution in [0.4, 0.5) is 0 Å². The summed E-state index contributed by atoms with van der Waals surface area (Å²) in [4.78, 5) is 6.47. The van der Waals surface area contributed by atoms with Crippen molar-refractivity contribution in [1.82, 2.24) is 20.4 Å². The number of rotatable bonds is 4. The molecular weight excluding hydrogens is 228 g/mol. The molecule has 0 spiro atoms. The van der Waals surface area contributed by atoms with Gasteiger partial charge in [0.2, 0.25) is 6.39 Å². The summed E-state index contributed by atoms with van der Waals surface area (Å²) in [5, 5.41) is 7.45. The van der Waals surface area contributed by atoms with Crippen LogP contribution in [0.3, 0.4) is 0 Å². The zero-order valence-electron chi connectivity index (χ0n) is 11.6. The summed E-state index contributed by atoms with van der Waals surface area (Å²) in [5.41, 5.74) is 0.224. The van der Waals surface area contributed by atoms with Crippen molar-refractivity contribution < 1.29 is 4.52 Å². The Labute approximate surface area is 109 Å². The second-order valence-corrected chi connectivity index (χ2v) is 6.20. The summed E-state index contributed by atoms with van der Waals surface area (Å²) in [7, 11) is 0. The van der Waals surface area contributed by atoms with Crippen LogP contribution in [-0.4, -0.2) is 40.2 Å². The van der Waals surface area contributed by atoms with Crippen LogP contribution < -0.4 is 5.32 Å². The summed E-state index contributed by atoms with van der Waals surface area (Å²) in [6.45, 7) is 10.9. The number of nitrogens with one attached hydrogen (secondary N) is 1. The zero-order chi connectivity index (χ0) is 13.0. The standard InChI is InChI=1S/C13H24N4O/c1-13(2,3)15-8-11-4-6-17(7-5-11)9-12-14-10-18-16-12/h10-11,15H,4-9H2,1-3H3. The van der Waals surface area contributed by atoms with Crippen molar-refractivity contribution >= 4 is 0 Å². The molecule has 1 aliphatic rings. The molecule has 1 aromatic heterocycles. The molecule has 0 unspecified atom stereocenters. The fourth-order valence-electron chi connectivity index (χ4n) is 2.26. The molecule has 0 aromatic carbocycles. The highest BCUT2D eigenvalue weighted by molar-refractivity contribution is 4.82. The monoisotopic (exact) mass is 252 g/mol. The van der Waals surface area contributed by atoms with Gasteiger partial charge in [0.05, 0.1) is 6.54 Å². The molecule has 1 N–H and O–H groups in total. The Hall–Kier alpha value is -0.940. The normalized spacial score (nSPS) is 19.3. The third kappa shape index (κ3) is 4.38. The predicted octanol–water partition coefficient (Wildman–Crippen LogP) is 1.67. The molecule has 1 saturated heterocycles. The third-order valence-corrected chi connectivity index (χ3v) is 3.40. The van der Waals surface area contributed by atoms with Gasteiger partial charge in [0.15, 0.2) is 5.82 Å². The molecule has 1 aliphatic heterocycles. The lowest BCUT2D eigenvalue weighted by Crippen LogP contribution is -2.42. The first-order chi connectivity index (χ1) is 8.53. The number of nitrogens with zero attached hydrogens (tertiary/aromatic N) is 3. The Balaban J connectivity index is 1.68. The average Bonchev–Trinajstić information content (AvgIpc) is 2.80. The van der Waals surface area contributed by atoms with E-state index in [-0.39, 0.29) is 5.54 Å². The maximum absolute atomic E-state index is 4.76. The minimum Gasteiger partial charge on any atom is -0.343 e. The molecule has 5 nitrogen and oxygen atoms in total. The van der Waals surface area contributed by atoms with Crippen molar-refractivity contribution in [3.05, 3.63) is 12.2 Å². The minimum absolute atomic E-state index is 0.224. The van der Waals surface area contributed by atoms with Crippen LogP contribution in [0.2, 0.25) is 0 Å². The molecule has 2 rings (SSSR count). The van der Waals surface area contributed by atoms with Crippen molar-refractivity contribution in [3.63, 3.8) is 0 Å². The summed E-state index contributed by atoms with van der Waals surface area (Å²) in [5.74, 6) is 1.59. The first kappa shape index (κ1) is 13.5.